The summed E-state index contributed by atoms with van der Waals surface area (Å²) in [5, 5.41) is 8.61. The molecule has 136 valence electrons. The van der Waals surface area contributed by atoms with Crippen LogP contribution < -0.4 is 16.0 Å². The highest BCUT2D eigenvalue weighted by Gasteiger charge is 2.29. The van der Waals surface area contributed by atoms with Gasteiger partial charge in [0.15, 0.2) is 0 Å². The molecule has 0 saturated carbocycles. The summed E-state index contributed by atoms with van der Waals surface area (Å²) in [6.07, 6.45) is 1.54. The fourth-order valence-electron chi connectivity index (χ4n) is 3.03. The summed E-state index contributed by atoms with van der Waals surface area (Å²) in [7, 11) is -3.77. The Morgan fingerprint density at radius 1 is 1.20 bits per heavy atom. The van der Waals surface area contributed by atoms with Gasteiger partial charge in [-0.3, -0.25) is 9.59 Å². The van der Waals surface area contributed by atoms with E-state index in [9.17, 15) is 18.0 Å². The standard InChI is InChI=1S/C16H22N4O4S/c21-15-11-20(9-8-18-15)25(23,24)14-3-1-2-13(10-14)19-16(22)12-4-6-17-7-5-12/h1-3,10,12,17H,4-9,11H2,(H,18,21)(H,19,22). The quantitative estimate of drug-likeness (QED) is 0.681. The van der Waals surface area contributed by atoms with E-state index in [2.05, 4.69) is 16.0 Å². The molecule has 9 heteroatoms. The summed E-state index contributed by atoms with van der Waals surface area (Å²) in [5.74, 6) is -0.467. The fraction of sp³-hybridized carbons (Fsp3) is 0.500. The first-order chi connectivity index (χ1) is 12.0. The van der Waals surface area contributed by atoms with Gasteiger partial charge in [0.05, 0.1) is 11.4 Å². The highest BCUT2D eigenvalue weighted by atomic mass is 32.2. The number of hydrogen-bond acceptors (Lipinski definition) is 5. The van der Waals surface area contributed by atoms with Gasteiger partial charge in [0, 0.05) is 24.7 Å². The molecule has 0 unspecified atom stereocenters. The van der Waals surface area contributed by atoms with Crippen molar-refractivity contribution in [3.05, 3.63) is 24.3 Å². The Hall–Kier alpha value is -1.97. The Morgan fingerprint density at radius 3 is 2.68 bits per heavy atom. The minimum absolute atomic E-state index is 0.0627. The molecule has 2 heterocycles. The second-order valence-corrected chi connectivity index (χ2v) is 8.17. The molecule has 1 aromatic carbocycles. The van der Waals surface area contributed by atoms with Crippen molar-refractivity contribution in [2.45, 2.75) is 17.7 Å². The van der Waals surface area contributed by atoms with Gasteiger partial charge < -0.3 is 16.0 Å². The summed E-state index contributed by atoms with van der Waals surface area (Å²) >= 11 is 0. The zero-order chi connectivity index (χ0) is 17.9. The lowest BCUT2D eigenvalue weighted by molar-refractivity contribution is -0.122. The monoisotopic (exact) mass is 366 g/mol. The van der Waals surface area contributed by atoms with Crippen LogP contribution in [0, 0.1) is 5.92 Å². The first-order valence-corrected chi connectivity index (χ1v) is 9.79. The van der Waals surface area contributed by atoms with Crippen molar-refractivity contribution in [2.75, 3.05) is 38.0 Å². The predicted octanol–water partition coefficient (Wildman–Crippen LogP) is -0.255. The van der Waals surface area contributed by atoms with Crippen molar-refractivity contribution in [1.29, 1.82) is 0 Å². The van der Waals surface area contributed by atoms with E-state index in [4.69, 9.17) is 0 Å². The summed E-state index contributed by atoms with van der Waals surface area (Å²) in [5.41, 5.74) is 0.450. The Kier molecular flexibility index (Phi) is 5.36. The summed E-state index contributed by atoms with van der Waals surface area (Å²) in [6.45, 7) is 1.96. The van der Waals surface area contributed by atoms with Crippen molar-refractivity contribution >= 4 is 27.5 Å². The minimum Gasteiger partial charge on any atom is -0.354 e. The third-order valence-corrected chi connectivity index (χ3v) is 6.29. The molecular formula is C16H22N4O4S. The van der Waals surface area contributed by atoms with Gasteiger partial charge in [-0.15, -0.1) is 0 Å². The zero-order valence-corrected chi connectivity index (χ0v) is 14.6. The minimum atomic E-state index is -3.77. The largest absolute Gasteiger partial charge is 0.354 e. The highest BCUT2D eigenvalue weighted by molar-refractivity contribution is 7.89. The number of anilines is 1. The van der Waals surface area contributed by atoms with Gasteiger partial charge in [0.2, 0.25) is 21.8 Å². The average molecular weight is 366 g/mol. The Labute approximate surface area is 147 Å². The number of benzene rings is 1. The van der Waals surface area contributed by atoms with Gasteiger partial charge >= 0.3 is 0 Å². The lowest BCUT2D eigenvalue weighted by atomic mass is 9.97. The first-order valence-electron chi connectivity index (χ1n) is 8.35. The van der Waals surface area contributed by atoms with Gasteiger partial charge in [-0.05, 0) is 44.1 Å². The third-order valence-electron chi connectivity index (χ3n) is 4.45. The van der Waals surface area contributed by atoms with Gasteiger partial charge in [0.1, 0.15) is 0 Å². The van der Waals surface area contributed by atoms with Crippen LogP contribution in [0.1, 0.15) is 12.8 Å². The molecule has 0 bridgehead atoms. The third kappa shape index (κ3) is 4.17. The molecule has 0 spiro atoms. The summed E-state index contributed by atoms with van der Waals surface area (Å²) in [4.78, 5) is 23.9. The van der Waals surface area contributed by atoms with Gasteiger partial charge in [0.25, 0.3) is 0 Å². The first kappa shape index (κ1) is 17.8. The van der Waals surface area contributed by atoms with Crippen molar-refractivity contribution in [3.63, 3.8) is 0 Å². The maximum Gasteiger partial charge on any atom is 0.243 e. The molecule has 0 aromatic heterocycles. The van der Waals surface area contributed by atoms with Crippen LogP contribution in [0.4, 0.5) is 5.69 Å². The Bertz CT molecular complexity index is 759. The Morgan fingerprint density at radius 2 is 1.96 bits per heavy atom. The maximum atomic E-state index is 12.7. The molecule has 2 fully saturated rings. The zero-order valence-electron chi connectivity index (χ0n) is 13.8. The number of rotatable bonds is 4. The second kappa shape index (κ2) is 7.51. The van der Waals surface area contributed by atoms with E-state index in [1.807, 2.05) is 0 Å². The summed E-state index contributed by atoms with van der Waals surface area (Å²) < 4.78 is 26.5. The normalized spacial score (nSPS) is 20.1. The number of hydrogen-bond donors (Lipinski definition) is 3. The van der Waals surface area contributed by atoms with Crippen LogP contribution in [0.15, 0.2) is 29.2 Å². The number of carbonyl (C=O) groups excluding carboxylic acids is 2. The molecule has 3 N–H and O–H groups in total. The van der Waals surface area contributed by atoms with E-state index in [1.165, 1.54) is 12.1 Å². The number of carbonyl (C=O) groups is 2. The molecule has 0 radical (unpaired) electrons. The highest BCUT2D eigenvalue weighted by Crippen LogP contribution is 2.21. The van der Waals surface area contributed by atoms with E-state index in [0.29, 0.717) is 12.2 Å². The number of piperidine rings is 1. The molecule has 1 aromatic rings. The topological polar surface area (TPSA) is 108 Å². The van der Waals surface area contributed by atoms with Gasteiger partial charge in [-0.2, -0.15) is 4.31 Å². The van der Waals surface area contributed by atoms with E-state index in [-0.39, 0.29) is 35.7 Å². The van der Waals surface area contributed by atoms with Crippen LogP contribution in [-0.2, 0) is 19.6 Å². The number of nitrogens with zero attached hydrogens (tertiary/aromatic N) is 1. The SMILES string of the molecule is O=C1CN(S(=O)(=O)c2cccc(NC(=O)C3CCNCC3)c2)CCN1. The molecule has 8 nitrogen and oxygen atoms in total. The van der Waals surface area contributed by atoms with Crippen LogP contribution in [0.2, 0.25) is 0 Å². The van der Waals surface area contributed by atoms with E-state index < -0.39 is 10.0 Å². The molecule has 2 aliphatic rings. The molecule has 2 saturated heterocycles. The fourth-order valence-corrected chi connectivity index (χ4v) is 4.48. The lowest BCUT2D eigenvalue weighted by Gasteiger charge is -2.26. The van der Waals surface area contributed by atoms with Crippen LogP contribution >= 0.6 is 0 Å². The average Bonchev–Trinajstić information content (AvgIpc) is 2.62. The van der Waals surface area contributed by atoms with Crippen molar-refractivity contribution < 1.29 is 18.0 Å². The molecule has 0 atom stereocenters. The lowest BCUT2D eigenvalue weighted by Crippen LogP contribution is -2.49. The van der Waals surface area contributed by atoms with E-state index >= 15 is 0 Å². The number of amides is 2. The van der Waals surface area contributed by atoms with Gasteiger partial charge in [-0.1, -0.05) is 6.07 Å². The number of sulfonamides is 1. The molecule has 2 aliphatic heterocycles. The van der Waals surface area contributed by atoms with Crippen molar-refractivity contribution in [3.8, 4) is 0 Å². The van der Waals surface area contributed by atoms with Crippen LogP contribution in [-0.4, -0.2) is 57.3 Å². The van der Waals surface area contributed by atoms with E-state index in [1.54, 1.807) is 12.1 Å². The summed E-state index contributed by atoms with van der Waals surface area (Å²) in [6, 6.07) is 6.18. The molecule has 25 heavy (non-hydrogen) atoms. The molecule has 0 aliphatic carbocycles. The van der Waals surface area contributed by atoms with Crippen molar-refractivity contribution in [1.82, 2.24) is 14.9 Å². The predicted molar refractivity (Wildman–Crippen MR) is 92.4 cm³/mol. The number of piperazine rings is 1. The van der Waals surface area contributed by atoms with Crippen LogP contribution in [0.3, 0.4) is 0 Å². The maximum absolute atomic E-state index is 12.7. The molecule has 2 amide bonds. The van der Waals surface area contributed by atoms with Crippen LogP contribution in [0.25, 0.3) is 0 Å². The molecular weight excluding hydrogens is 344 g/mol. The van der Waals surface area contributed by atoms with Gasteiger partial charge in [-0.25, -0.2) is 8.42 Å². The number of nitrogens with one attached hydrogen (secondary N) is 3. The second-order valence-electron chi connectivity index (χ2n) is 6.23. The van der Waals surface area contributed by atoms with Crippen LogP contribution in [0.5, 0.6) is 0 Å². The molecule has 3 rings (SSSR count). The van der Waals surface area contributed by atoms with Crippen molar-refractivity contribution in [2.24, 2.45) is 5.92 Å². The van der Waals surface area contributed by atoms with E-state index in [0.717, 1.165) is 30.2 Å². The smallest absolute Gasteiger partial charge is 0.243 e. The Balaban J connectivity index is 1.74.